The zero-order valence-corrected chi connectivity index (χ0v) is 21.2. The van der Waals surface area contributed by atoms with Gasteiger partial charge in [0.05, 0.1) is 11.7 Å². The first-order chi connectivity index (χ1) is 17.7. The van der Waals surface area contributed by atoms with Crippen LogP contribution in [0.15, 0.2) is 42.5 Å². The number of nitrogens with zero attached hydrogens (tertiary/aromatic N) is 2. The number of carbonyl (C=O) groups excluding carboxylic acids is 1. The second kappa shape index (κ2) is 10.2. The van der Waals surface area contributed by atoms with Crippen molar-refractivity contribution in [2.45, 2.75) is 49.7 Å². The minimum atomic E-state index is -1.25. The maximum atomic E-state index is 13.4. The predicted molar refractivity (Wildman–Crippen MR) is 139 cm³/mol. The van der Waals surface area contributed by atoms with Crippen molar-refractivity contribution in [2.75, 3.05) is 44.6 Å². The molecule has 6 nitrogen and oxygen atoms in total. The van der Waals surface area contributed by atoms with Crippen molar-refractivity contribution in [3.05, 3.63) is 70.8 Å². The molecule has 5 rings (SSSR count). The highest BCUT2D eigenvalue weighted by Gasteiger charge is 2.44. The summed E-state index contributed by atoms with van der Waals surface area (Å²) >= 11 is 0. The Morgan fingerprint density at radius 2 is 1.73 bits per heavy atom. The molecular formula is C29H35F2N3O3. The quantitative estimate of drug-likeness (QED) is 0.536. The third-order valence-electron chi connectivity index (χ3n) is 8.47. The number of aliphatic hydroxyl groups is 2. The number of aryl methyl sites for hydroxylation is 1. The monoisotopic (exact) mass is 511 g/mol. The van der Waals surface area contributed by atoms with Gasteiger partial charge >= 0.3 is 0 Å². The van der Waals surface area contributed by atoms with Gasteiger partial charge in [-0.1, -0.05) is 12.1 Å². The molecule has 1 unspecified atom stereocenters. The lowest BCUT2D eigenvalue weighted by atomic mass is 9.74. The van der Waals surface area contributed by atoms with Crippen molar-refractivity contribution >= 4 is 17.7 Å². The maximum Gasteiger partial charge on any atom is 0.246 e. The molecule has 0 bridgehead atoms. The lowest BCUT2D eigenvalue weighted by Gasteiger charge is -2.44. The second-order valence-corrected chi connectivity index (χ2v) is 11.0. The van der Waals surface area contributed by atoms with Crippen molar-refractivity contribution in [3.63, 3.8) is 0 Å². The fourth-order valence-electron chi connectivity index (χ4n) is 6.04. The van der Waals surface area contributed by atoms with Crippen LogP contribution in [-0.4, -0.2) is 76.9 Å². The minimum Gasteiger partial charge on any atom is -0.389 e. The van der Waals surface area contributed by atoms with Gasteiger partial charge in [0.15, 0.2) is 0 Å². The number of nitrogens with one attached hydrogen (secondary N) is 1. The van der Waals surface area contributed by atoms with Crippen LogP contribution in [0.4, 0.5) is 14.5 Å². The van der Waals surface area contributed by atoms with Gasteiger partial charge in [-0.15, -0.1) is 0 Å². The van der Waals surface area contributed by atoms with Crippen molar-refractivity contribution in [1.29, 1.82) is 0 Å². The van der Waals surface area contributed by atoms with E-state index in [0.29, 0.717) is 19.6 Å². The van der Waals surface area contributed by atoms with Gasteiger partial charge in [-0.25, -0.2) is 8.78 Å². The number of halogens is 2. The molecule has 2 saturated heterocycles. The molecule has 3 heterocycles. The summed E-state index contributed by atoms with van der Waals surface area (Å²) in [6.45, 7) is 5.78. The van der Waals surface area contributed by atoms with Gasteiger partial charge < -0.3 is 25.3 Å². The summed E-state index contributed by atoms with van der Waals surface area (Å²) < 4.78 is 26.7. The summed E-state index contributed by atoms with van der Waals surface area (Å²) in [5, 5.41) is 25.7. The molecule has 1 atom stereocenters. The lowest BCUT2D eigenvalue weighted by Crippen LogP contribution is -2.56. The normalized spacial score (nSPS) is 21.7. The third-order valence-corrected chi connectivity index (χ3v) is 8.47. The predicted octanol–water partition coefficient (Wildman–Crippen LogP) is 3.46. The van der Waals surface area contributed by atoms with Crippen molar-refractivity contribution in [2.24, 2.45) is 0 Å². The Morgan fingerprint density at radius 3 is 2.41 bits per heavy atom. The van der Waals surface area contributed by atoms with E-state index in [1.165, 1.54) is 29.0 Å². The highest BCUT2D eigenvalue weighted by atomic mass is 19.1. The van der Waals surface area contributed by atoms with E-state index in [9.17, 15) is 23.8 Å². The second-order valence-electron chi connectivity index (χ2n) is 11.0. The highest BCUT2D eigenvalue weighted by molar-refractivity contribution is 5.91. The average molecular weight is 512 g/mol. The van der Waals surface area contributed by atoms with E-state index in [-0.39, 0.29) is 29.7 Å². The number of amides is 1. The standard InChI is InChI=1S/C29H35F2N3O3/c1-20-2-4-24-25(14-20)32-19-28(24)6-10-33(11-7-28)18-26(35)29(37)8-12-34(13-9-29)27(36)5-3-21-15-22(30)17-23(31)16-21/h2-5,14-17,26,32,35,37H,6-13,18-19H2,1H3/b5-3+. The Balaban J connectivity index is 1.12. The molecule has 0 aromatic heterocycles. The van der Waals surface area contributed by atoms with E-state index in [0.717, 1.165) is 50.7 Å². The maximum absolute atomic E-state index is 13.4. The lowest BCUT2D eigenvalue weighted by molar-refractivity contribution is -0.140. The van der Waals surface area contributed by atoms with Crippen LogP contribution in [0.1, 0.15) is 42.4 Å². The highest BCUT2D eigenvalue weighted by Crippen LogP contribution is 2.44. The van der Waals surface area contributed by atoms with Gasteiger partial charge in [-0.2, -0.15) is 0 Å². The van der Waals surface area contributed by atoms with Crippen LogP contribution < -0.4 is 5.32 Å². The van der Waals surface area contributed by atoms with E-state index >= 15 is 0 Å². The minimum absolute atomic E-state index is 0.137. The molecule has 2 aromatic rings. The zero-order valence-electron chi connectivity index (χ0n) is 21.2. The molecule has 3 N–H and O–H groups in total. The fourth-order valence-corrected chi connectivity index (χ4v) is 6.04. The van der Waals surface area contributed by atoms with Crippen LogP contribution >= 0.6 is 0 Å². The van der Waals surface area contributed by atoms with E-state index in [2.05, 4.69) is 35.3 Å². The topological polar surface area (TPSA) is 76.0 Å². The van der Waals surface area contributed by atoms with E-state index in [1.54, 1.807) is 4.90 Å². The van der Waals surface area contributed by atoms with Crippen LogP contribution in [0.5, 0.6) is 0 Å². The summed E-state index contributed by atoms with van der Waals surface area (Å²) in [6.07, 6.45) is 4.33. The van der Waals surface area contributed by atoms with Crippen molar-refractivity contribution in [1.82, 2.24) is 9.80 Å². The van der Waals surface area contributed by atoms with Gasteiger partial charge in [0, 0.05) is 49.4 Å². The molecule has 1 amide bonds. The average Bonchev–Trinajstić information content (AvgIpc) is 3.20. The molecule has 1 spiro atoms. The number of aliphatic hydroxyl groups excluding tert-OH is 1. The molecule has 2 fully saturated rings. The number of likely N-dealkylation sites (tertiary alicyclic amines) is 2. The molecule has 37 heavy (non-hydrogen) atoms. The largest absolute Gasteiger partial charge is 0.389 e. The molecule has 0 aliphatic carbocycles. The molecule has 8 heteroatoms. The van der Waals surface area contributed by atoms with E-state index in [1.807, 2.05) is 0 Å². The Hall–Kier alpha value is -2.81. The first-order valence-corrected chi connectivity index (χ1v) is 13.1. The Kier molecular flexibility index (Phi) is 7.09. The number of piperidine rings is 2. The number of anilines is 1. The summed E-state index contributed by atoms with van der Waals surface area (Å²) in [7, 11) is 0. The van der Waals surface area contributed by atoms with Crippen molar-refractivity contribution in [3.8, 4) is 0 Å². The van der Waals surface area contributed by atoms with Gasteiger partial charge in [0.25, 0.3) is 0 Å². The van der Waals surface area contributed by atoms with Crippen LogP contribution in [0.2, 0.25) is 0 Å². The molecule has 3 aliphatic heterocycles. The smallest absolute Gasteiger partial charge is 0.246 e. The number of carbonyl (C=O) groups is 1. The van der Waals surface area contributed by atoms with Crippen molar-refractivity contribution < 1.29 is 23.8 Å². The summed E-state index contributed by atoms with van der Waals surface area (Å²) in [5.41, 5.74) is 3.04. The SMILES string of the molecule is Cc1ccc2c(c1)NCC21CCN(CC(O)C2(O)CCN(C(=O)/C=C/c3cc(F)cc(F)c3)CC2)CC1. The molecule has 0 radical (unpaired) electrons. The number of fused-ring (bicyclic) bond motifs is 2. The van der Waals surface area contributed by atoms with Crippen LogP contribution in [-0.2, 0) is 10.2 Å². The molecule has 2 aromatic carbocycles. The summed E-state index contributed by atoms with van der Waals surface area (Å²) in [4.78, 5) is 16.4. The molecule has 3 aliphatic rings. The van der Waals surface area contributed by atoms with Gasteiger partial charge in [0.2, 0.25) is 5.91 Å². The zero-order chi connectivity index (χ0) is 26.2. The molecule has 0 saturated carbocycles. The number of hydrogen-bond donors (Lipinski definition) is 3. The number of benzene rings is 2. The van der Waals surface area contributed by atoms with Gasteiger partial charge in [0.1, 0.15) is 11.6 Å². The third kappa shape index (κ3) is 5.42. The number of β-amino-alcohol motifs (C(OH)–C–C–N with tert-alkyl or cyclic N) is 1. The number of hydrogen-bond acceptors (Lipinski definition) is 5. The molecular weight excluding hydrogens is 476 g/mol. The Bertz CT molecular complexity index is 1160. The summed E-state index contributed by atoms with van der Waals surface area (Å²) in [5.74, 6) is -1.69. The Labute approximate surface area is 216 Å². The fraction of sp³-hybridized carbons (Fsp3) is 0.483. The van der Waals surface area contributed by atoms with Gasteiger partial charge in [-0.3, -0.25) is 4.79 Å². The summed E-state index contributed by atoms with van der Waals surface area (Å²) in [6, 6.07) is 9.73. The molecule has 198 valence electrons. The Morgan fingerprint density at radius 1 is 1.05 bits per heavy atom. The van der Waals surface area contributed by atoms with Crippen LogP contribution in [0.3, 0.4) is 0 Å². The van der Waals surface area contributed by atoms with E-state index < -0.39 is 23.3 Å². The first kappa shape index (κ1) is 25.8. The number of rotatable bonds is 5. The van der Waals surface area contributed by atoms with E-state index in [4.69, 9.17) is 0 Å². The van der Waals surface area contributed by atoms with Crippen LogP contribution in [0, 0.1) is 18.6 Å². The van der Waals surface area contributed by atoms with Crippen LogP contribution in [0.25, 0.3) is 6.08 Å². The van der Waals surface area contributed by atoms with Gasteiger partial charge in [-0.05, 0) is 86.7 Å². The first-order valence-electron chi connectivity index (χ1n) is 13.1.